The number of hydrazine groups is 1. The van der Waals surface area contributed by atoms with Crippen molar-refractivity contribution in [2.45, 2.75) is 6.18 Å². The monoisotopic (exact) mass is 193 g/mol. The zero-order chi connectivity index (χ0) is 8.36. The molecule has 0 fully saturated rings. The number of halogens is 4. The SMILES string of the molecule is Cl.NC(=O)N(N)CC(F)(F)F. The van der Waals surface area contributed by atoms with Crippen molar-refractivity contribution >= 4 is 18.4 Å². The highest BCUT2D eigenvalue weighted by Gasteiger charge is 2.30. The lowest BCUT2D eigenvalue weighted by atomic mass is 10.6. The van der Waals surface area contributed by atoms with E-state index in [0.717, 1.165) is 0 Å². The number of carbonyl (C=O) groups excluding carboxylic acids is 1. The van der Waals surface area contributed by atoms with Crippen LogP contribution in [0.4, 0.5) is 18.0 Å². The van der Waals surface area contributed by atoms with E-state index in [2.05, 4.69) is 11.6 Å². The van der Waals surface area contributed by atoms with Crippen LogP contribution >= 0.6 is 12.4 Å². The maximum Gasteiger partial charge on any atom is 0.407 e. The number of rotatable bonds is 1. The number of hydrogen-bond acceptors (Lipinski definition) is 2. The van der Waals surface area contributed by atoms with Gasteiger partial charge in [0.15, 0.2) is 0 Å². The lowest BCUT2D eigenvalue weighted by Gasteiger charge is -2.14. The Morgan fingerprint density at radius 3 is 1.91 bits per heavy atom. The van der Waals surface area contributed by atoms with E-state index in [4.69, 9.17) is 0 Å². The summed E-state index contributed by atoms with van der Waals surface area (Å²) in [6.45, 7) is -1.53. The van der Waals surface area contributed by atoms with E-state index in [1.807, 2.05) is 0 Å². The molecule has 68 valence electrons. The van der Waals surface area contributed by atoms with Gasteiger partial charge in [-0.2, -0.15) is 13.2 Å². The number of amides is 2. The minimum absolute atomic E-state index is 0. The van der Waals surface area contributed by atoms with Crippen molar-refractivity contribution in [3.63, 3.8) is 0 Å². The minimum Gasteiger partial charge on any atom is -0.350 e. The van der Waals surface area contributed by atoms with Crippen molar-refractivity contribution in [1.29, 1.82) is 0 Å². The fraction of sp³-hybridized carbons (Fsp3) is 0.667. The lowest BCUT2D eigenvalue weighted by molar-refractivity contribution is -0.140. The van der Waals surface area contributed by atoms with E-state index >= 15 is 0 Å². The molecule has 0 aliphatic heterocycles. The molecule has 0 aromatic heterocycles. The van der Waals surface area contributed by atoms with Crippen molar-refractivity contribution < 1.29 is 18.0 Å². The molecule has 11 heavy (non-hydrogen) atoms. The molecule has 0 unspecified atom stereocenters. The molecule has 0 aromatic carbocycles. The molecule has 4 nitrogen and oxygen atoms in total. The van der Waals surface area contributed by atoms with E-state index in [9.17, 15) is 18.0 Å². The van der Waals surface area contributed by atoms with Gasteiger partial charge in [-0.05, 0) is 0 Å². The minimum atomic E-state index is -4.50. The summed E-state index contributed by atoms with van der Waals surface area (Å²) < 4.78 is 34.0. The summed E-state index contributed by atoms with van der Waals surface area (Å²) in [7, 11) is 0. The topological polar surface area (TPSA) is 72.4 Å². The summed E-state index contributed by atoms with van der Waals surface area (Å²) in [5, 5.41) is -0.111. The van der Waals surface area contributed by atoms with E-state index in [-0.39, 0.29) is 17.4 Å². The molecule has 0 rings (SSSR count). The first kappa shape index (κ1) is 12.9. The molecule has 0 heterocycles. The number of primary amides is 1. The highest BCUT2D eigenvalue weighted by atomic mass is 35.5. The summed E-state index contributed by atoms with van der Waals surface area (Å²) >= 11 is 0. The summed E-state index contributed by atoms with van der Waals surface area (Å²) in [5.41, 5.74) is 4.41. The predicted octanol–water partition coefficient (Wildman–Crippen LogP) is 0.225. The lowest BCUT2D eigenvalue weighted by Crippen LogP contribution is -2.46. The first-order chi connectivity index (χ1) is 4.33. The molecule has 8 heteroatoms. The van der Waals surface area contributed by atoms with Crippen LogP contribution in [0.3, 0.4) is 0 Å². The van der Waals surface area contributed by atoms with E-state index in [0.29, 0.717) is 0 Å². The van der Waals surface area contributed by atoms with Gasteiger partial charge < -0.3 is 5.73 Å². The maximum absolute atomic E-state index is 11.3. The van der Waals surface area contributed by atoms with Crippen LogP contribution in [-0.2, 0) is 0 Å². The molecule has 0 saturated heterocycles. The van der Waals surface area contributed by atoms with Crippen LogP contribution in [0, 0.1) is 0 Å². The molecule has 0 aromatic rings. The van der Waals surface area contributed by atoms with Crippen LogP contribution in [0.1, 0.15) is 0 Å². The highest BCUT2D eigenvalue weighted by Crippen LogP contribution is 2.14. The Bertz CT molecular complexity index is 138. The Morgan fingerprint density at radius 2 is 1.82 bits per heavy atom. The largest absolute Gasteiger partial charge is 0.407 e. The number of hydrogen-bond donors (Lipinski definition) is 2. The third-order valence-corrected chi connectivity index (χ3v) is 0.633. The molecule has 0 aliphatic carbocycles. The molecule has 0 saturated carbocycles. The van der Waals surface area contributed by atoms with Crippen molar-refractivity contribution in [1.82, 2.24) is 5.01 Å². The Morgan fingerprint density at radius 1 is 1.45 bits per heavy atom. The molecular weight excluding hydrogens is 186 g/mol. The molecule has 0 atom stereocenters. The zero-order valence-corrected chi connectivity index (χ0v) is 6.08. The summed E-state index contributed by atoms with van der Waals surface area (Å²) in [6, 6.07) is -1.31. The maximum atomic E-state index is 11.3. The second-order valence-electron chi connectivity index (χ2n) is 1.58. The molecular formula is C3H7ClF3N3O. The van der Waals surface area contributed by atoms with Crippen LogP contribution in [0.5, 0.6) is 0 Å². The summed E-state index contributed by atoms with van der Waals surface area (Å²) in [5.74, 6) is 4.54. The quantitative estimate of drug-likeness (QED) is 0.355. The fourth-order valence-electron chi connectivity index (χ4n) is 0.271. The average Bonchev–Trinajstić information content (AvgIpc) is 1.60. The Kier molecular flexibility index (Phi) is 4.99. The van der Waals surface area contributed by atoms with Gasteiger partial charge in [0.05, 0.1) is 0 Å². The van der Waals surface area contributed by atoms with Gasteiger partial charge in [-0.15, -0.1) is 12.4 Å². The van der Waals surface area contributed by atoms with E-state index in [1.54, 1.807) is 0 Å². The molecule has 0 radical (unpaired) electrons. The van der Waals surface area contributed by atoms with Gasteiger partial charge in [0, 0.05) is 0 Å². The van der Waals surface area contributed by atoms with Crippen molar-refractivity contribution in [3.05, 3.63) is 0 Å². The fourth-order valence-corrected chi connectivity index (χ4v) is 0.271. The average molecular weight is 194 g/mol. The standard InChI is InChI=1S/C3H6F3N3O.ClH/c4-3(5,6)1-9(8)2(7)10;/h1,8H2,(H2,7,10);1H. The van der Waals surface area contributed by atoms with Crippen LogP contribution < -0.4 is 11.6 Å². The Hall–Kier alpha value is -0.690. The third-order valence-electron chi connectivity index (χ3n) is 0.633. The Labute approximate surface area is 66.7 Å². The molecule has 4 N–H and O–H groups in total. The Balaban J connectivity index is 0. The highest BCUT2D eigenvalue weighted by molar-refractivity contribution is 5.85. The first-order valence-electron chi connectivity index (χ1n) is 2.21. The van der Waals surface area contributed by atoms with Gasteiger partial charge >= 0.3 is 12.2 Å². The van der Waals surface area contributed by atoms with Crippen molar-refractivity contribution in [2.24, 2.45) is 11.6 Å². The van der Waals surface area contributed by atoms with E-state index < -0.39 is 18.8 Å². The van der Waals surface area contributed by atoms with Crippen LogP contribution in [0.25, 0.3) is 0 Å². The van der Waals surface area contributed by atoms with Gasteiger partial charge in [0.1, 0.15) is 6.54 Å². The van der Waals surface area contributed by atoms with Gasteiger partial charge in [-0.1, -0.05) is 0 Å². The first-order valence-corrected chi connectivity index (χ1v) is 2.21. The second kappa shape index (κ2) is 4.24. The van der Waals surface area contributed by atoms with Gasteiger partial charge in [-0.25, -0.2) is 10.6 Å². The van der Waals surface area contributed by atoms with E-state index in [1.165, 1.54) is 0 Å². The van der Waals surface area contributed by atoms with Crippen LogP contribution in [-0.4, -0.2) is 23.8 Å². The second-order valence-corrected chi connectivity index (χ2v) is 1.58. The van der Waals surface area contributed by atoms with Gasteiger partial charge in [0.2, 0.25) is 0 Å². The van der Waals surface area contributed by atoms with Gasteiger partial charge in [0.25, 0.3) is 0 Å². The van der Waals surface area contributed by atoms with Gasteiger partial charge in [-0.3, -0.25) is 5.01 Å². The number of nitrogens with zero attached hydrogens (tertiary/aromatic N) is 1. The van der Waals surface area contributed by atoms with Crippen molar-refractivity contribution in [3.8, 4) is 0 Å². The van der Waals surface area contributed by atoms with Crippen LogP contribution in [0.15, 0.2) is 0 Å². The third kappa shape index (κ3) is 7.20. The smallest absolute Gasteiger partial charge is 0.350 e. The predicted molar refractivity (Wildman–Crippen MR) is 33.8 cm³/mol. The molecule has 2 amide bonds. The van der Waals surface area contributed by atoms with Crippen LogP contribution in [0.2, 0.25) is 0 Å². The summed E-state index contributed by atoms with van der Waals surface area (Å²) in [4.78, 5) is 9.90. The van der Waals surface area contributed by atoms with Crippen molar-refractivity contribution in [2.75, 3.05) is 6.54 Å². The number of urea groups is 1. The molecule has 0 bridgehead atoms. The number of carbonyl (C=O) groups is 1. The summed E-state index contributed by atoms with van der Waals surface area (Å²) in [6.07, 6.45) is -4.50. The molecule has 0 aliphatic rings. The normalized spacial score (nSPS) is 10.2. The zero-order valence-electron chi connectivity index (χ0n) is 5.26. The molecule has 0 spiro atoms. The number of alkyl halides is 3. The number of nitrogens with two attached hydrogens (primary N) is 2.